The van der Waals surface area contributed by atoms with Crippen molar-refractivity contribution in [2.45, 2.75) is 31.4 Å². The second-order valence-corrected chi connectivity index (χ2v) is 5.25. The number of nitrogens with zero attached hydrogens (tertiary/aromatic N) is 4. The van der Waals surface area contributed by atoms with Crippen LogP contribution in [-0.4, -0.2) is 14.7 Å². The van der Waals surface area contributed by atoms with Crippen LogP contribution in [0, 0.1) is 22.7 Å². The number of nitriles is 2. The smallest absolute Gasteiger partial charge is 0.131 e. The summed E-state index contributed by atoms with van der Waals surface area (Å²) >= 11 is 0. The van der Waals surface area contributed by atoms with Gasteiger partial charge >= 0.3 is 0 Å². The summed E-state index contributed by atoms with van der Waals surface area (Å²) in [6, 6.07) is 9.31. The topological polar surface area (TPSA) is 85.6 Å². The maximum absolute atomic E-state index is 11.2. The van der Waals surface area contributed by atoms with Gasteiger partial charge in [0.1, 0.15) is 5.60 Å². The molecule has 0 amide bonds. The molecule has 0 bridgehead atoms. The summed E-state index contributed by atoms with van der Waals surface area (Å²) in [5, 5.41) is 29.2. The molecule has 0 fully saturated rings. The Morgan fingerprint density at radius 3 is 3.00 bits per heavy atom. The zero-order chi connectivity index (χ0) is 14.9. The number of imidazole rings is 1. The third-order valence-corrected chi connectivity index (χ3v) is 4.02. The number of hydrogen-bond donors (Lipinski definition) is 1. The van der Waals surface area contributed by atoms with Crippen LogP contribution in [0.1, 0.15) is 35.2 Å². The van der Waals surface area contributed by atoms with E-state index < -0.39 is 5.60 Å². The Bertz CT molecular complexity index is 765. The number of rotatable bonds is 2. The van der Waals surface area contributed by atoms with Crippen LogP contribution in [-0.2, 0) is 18.6 Å². The van der Waals surface area contributed by atoms with Gasteiger partial charge in [0.25, 0.3) is 0 Å². The summed E-state index contributed by atoms with van der Waals surface area (Å²) in [6.45, 7) is 0.835. The van der Waals surface area contributed by atoms with Gasteiger partial charge in [-0.05, 0) is 36.1 Å². The molecular weight excluding hydrogens is 264 g/mol. The van der Waals surface area contributed by atoms with E-state index >= 15 is 0 Å². The van der Waals surface area contributed by atoms with Gasteiger partial charge in [0.2, 0.25) is 0 Å². The van der Waals surface area contributed by atoms with Crippen molar-refractivity contribution in [2.75, 3.05) is 0 Å². The highest BCUT2D eigenvalue weighted by Crippen LogP contribution is 2.39. The highest BCUT2D eigenvalue weighted by atomic mass is 16.3. The zero-order valence-electron chi connectivity index (χ0n) is 11.5. The number of benzene rings is 1. The molecular formula is C16H14N4O. The standard InChI is InChI=1S/C16H14N4O/c17-6-4-13-8-12(9-18)2-3-14(13)16(21)5-1-7-20-11-19-10-15(16)20/h2-3,8,10-11,21H,1,4-5,7H2. The van der Waals surface area contributed by atoms with E-state index in [4.69, 9.17) is 10.5 Å². The average molecular weight is 278 g/mol. The second-order valence-electron chi connectivity index (χ2n) is 5.25. The Morgan fingerprint density at radius 1 is 1.38 bits per heavy atom. The van der Waals surface area contributed by atoms with Crippen molar-refractivity contribution in [1.82, 2.24) is 9.55 Å². The van der Waals surface area contributed by atoms with Gasteiger partial charge in [-0.3, -0.25) is 0 Å². The first-order valence-electron chi connectivity index (χ1n) is 6.82. The van der Waals surface area contributed by atoms with E-state index in [1.165, 1.54) is 0 Å². The van der Waals surface area contributed by atoms with Gasteiger partial charge in [-0.15, -0.1) is 0 Å². The Kier molecular flexibility index (Phi) is 3.21. The summed E-state index contributed by atoms with van der Waals surface area (Å²) in [4.78, 5) is 4.12. The molecule has 104 valence electrons. The van der Waals surface area contributed by atoms with Gasteiger partial charge in [-0.1, -0.05) is 6.07 Å². The first kappa shape index (κ1) is 13.4. The first-order valence-corrected chi connectivity index (χ1v) is 6.82. The normalized spacial score (nSPS) is 20.3. The van der Waals surface area contributed by atoms with E-state index in [2.05, 4.69) is 17.1 Å². The molecule has 1 aliphatic rings. The fourth-order valence-corrected chi connectivity index (χ4v) is 3.05. The van der Waals surface area contributed by atoms with E-state index in [9.17, 15) is 5.11 Å². The van der Waals surface area contributed by atoms with E-state index in [1.807, 2.05) is 4.57 Å². The predicted octanol–water partition coefficient (Wildman–Crippen LogP) is 1.85. The molecule has 0 spiro atoms. The third-order valence-electron chi connectivity index (χ3n) is 4.02. The molecule has 0 saturated carbocycles. The molecule has 5 heteroatoms. The summed E-state index contributed by atoms with van der Waals surface area (Å²) in [7, 11) is 0. The molecule has 21 heavy (non-hydrogen) atoms. The van der Waals surface area contributed by atoms with Gasteiger partial charge < -0.3 is 9.67 Å². The number of hydrogen-bond acceptors (Lipinski definition) is 4. The van der Waals surface area contributed by atoms with Crippen LogP contribution < -0.4 is 0 Å². The summed E-state index contributed by atoms with van der Waals surface area (Å²) in [5.41, 5.74) is 1.50. The fourth-order valence-electron chi connectivity index (χ4n) is 3.05. The van der Waals surface area contributed by atoms with Crippen LogP contribution in [0.3, 0.4) is 0 Å². The number of aryl methyl sites for hydroxylation is 1. The van der Waals surface area contributed by atoms with Crippen molar-refractivity contribution in [3.8, 4) is 12.1 Å². The molecule has 1 aromatic heterocycles. The molecule has 5 nitrogen and oxygen atoms in total. The molecule has 1 unspecified atom stereocenters. The predicted molar refractivity (Wildman–Crippen MR) is 74.9 cm³/mol. The van der Waals surface area contributed by atoms with Crippen molar-refractivity contribution >= 4 is 0 Å². The molecule has 3 rings (SSSR count). The van der Waals surface area contributed by atoms with Gasteiger partial charge in [0.15, 0.2) is 0 Å². The number of aromatic nitrogens is 2. The van der Waals surface area contributed by atoms with Crippen molar-refractivity contribution in [1.29, 1.82) is 10.5 Å². The van der Waals surface area contributed by atoms with Crippen LogP contribution in [0.5, 0.6) is 0 Å². The Balaban J connectivity index is 2.18. The van der Waals surface area contributed by atoms with Gasteiger partial charge in [-0.25, -0.2) is 4.98 Å². The van der Waals surface area contributed by atoms with Crippen LogP contribution in [0.25, 0.3) is 0 Å². The van der Waals surface area contributed by atoms with E-state index in [0.717, 1.165) is 18.7 Å². The molecule has 1 atom stereocenters. The summed E-state index contributed by atoms with van der Waals surface area (Å²) in [5.74, 6) is 0. The van der Waals surface area contributed by atoms with E-state index in [1.54, 1.807) is 30.7 Å². The Morgan fingerprint density at radius 2 is 2.24 bits per heavy atom. The van der Waals surface area contributed by atoms with Crippen molar-refractivity contribution in [3.05, 3.63) is 53.1 Å². The van der Waals surface area contributed by atoms with Crippen LogP contribution in [0.15, 0.2) is 30.7 Å². The summed E-state index contributed by atoms with van der Waals surface area (Å²) in [6.07, 6.45) is 4.98. The first-order chi connectivity index (χ1) is 10.2. The molecule has 0 aliphatic carbocycles. The minimum atomic E-state index is -1.14. The van der Waals surface area contributed by atoms with Crippen molar-refractivity contribution in [3.63, 3.8) is 0 Å². The Hall–Kier alpha value is -2.63. The maximum Gasteiger partial charge on any atom is 0.131 e. The highest BCUT2D eigenvalue weighted by molar-refractivity contribution is 5.45. The van der Waals surface area contributed by atoms with Crippen LogP contribution >= 0.6 is 0 Å². The lowest BCUT2D eigenvalue weighted by atomic mass is 9.80. The average Bonchev–Trinajstić information content (AvgIpc) is 2.97. The van der Waals surface area contributed by atoms with E-state index in [0.29, 0.717) is 23.1 Å². The molecule has 0 radical (unpaired) electrons. The fraction of sp³-hybridized carbons (Fsp3) is 0.312. The number of fused-ring (bicyclic) bond motifs is 1. The Labute approximate surface area is 122 Å². The molecule has 2 aromatic rings. The maximum atomic E-state index is 11.2. The summed E-state index contributed by atoms with van der Waals surface area (Å²) < 4.78 is 1.94. The molecule has 0 saturated heterocycles. The molecule has 1 aliphatic heterocycles. The zero-order valence-corrected chi connectivity index (χ0v) is 11.5. The highest BCUT2D eigenvalue weighted by Gasteiger charge is 2.38. The van der Waals surface area contributed by atoms with Gasteiger partial charge in [0, 0.05) is 6.54 Å². The lowest BCUT2D eigenvalue weighted by molar-refractivity contribution is 0.0462. The van der Waals surface area contributed by atoms with Crippen LogP contribution in [0.2, 0.25) is 0 Å². The monoisotopic (exact) mass is 278 g/mol. The quantitative estimate of drug-likeness (QED) is 0.908. The molecule has 2 heterocycles. The van der Waals surface area contributed by atoms with Gasteiger partial charge in [-0.2, -0.15) is 10.5 Å². The van der Waals surface area contributed by atoms with Crippen molar-refractivity contribution < 1.29 is 5.11 Å². The number of aliphatic hydroxyl groups is 1. The third kappa shape index (κ3) is 2.08. The van der Waals surface area contributed by atoms with Crippen molar-refractivity contribution in [2.24, 2.45) is 0 Å². The molecule has 1 N–H and O–H groups in total. The van der Waals surface area contributed by atoms with E-state index in [-0.39, 0.29) is 6.42 Å². The minimum Gasteiger partial charge on any atom is -0.379 e. The van der Waals surface area contributed by atoms with Gasteiger partial charge in [0.05, 0.1) is 42.3 Å². The molecule has 1 aromatic carbocycles. The minimum absolute atomic E-state index is 0.168. The lowest BCUT2D eigenvalue weighted by Gasteiger charge is -2.35. The largest absolute Gasteiger partial charge is 0.379 e. The SMILES string of the molecule is N#CCc1cc(C#N)ccc1C1(O)CCCn2cncc21. The van der Waals surface area contributed by atoms with Crippen LogP contribution in [0.4, 0.5) is 0 Å². The lowest BCUT2D eigenvalue weighted by Crippen LogP contribution is -2.35. The second kappa shape index (κ2) is 5.05.